The number of carbonyl (C=O) groups is 1. The van der Waals surface area contributed by atoms with Crippen LogP contribution >= 0.6 is 11.3 Å². The second-order valence-corrected chi connectivity index (χ2v) is 8.18. The zero-order valence-electron chi connectivity index (χ0n) is 12.4. The van der Waals surface area contributed by atoms with E-state index in [2.05, 4.69) is 5.16 Å². The third-order valence-electron chi connectivity index (χ3n) is 5.61. The van der Waals surface area contributed by atoms with Crippen LogP contribution in [0, 0.1) is 23.2 Å². The van der Waals surface area contributed by atoms with Crippen molar-refractivity contribution in [2.45, 2.75) is 45.4 Å². The largest absolute Gasteiger partial charge is 0.341 e. The number of carbonyl (C=O) groups excluding carboxylic acids is 1. The van der Waals surface area contributed by atoms with Crippen LogP contribution in [0.1, 0.15) is 50.3 Å². The van der Waals surface area contributed by atoms with Gasteiger partial charge in [0.05, 0.1) is 16.0 Å². The van der Waals surface area contributed by atoms with Gasteiger partial charge in [-0.15, -0.1) is 11.3 Å². The molecule has 4 aliphatic rings. The monoisotopic (exact) mass is 303 g/mol. The fourth-order valence-electron chi connectivity index (χ4n) is 5.10. The Kier molecular flexibility index (Phi) is 3.18. The Bertz CT molecular complexity index is 540. The molecule has 0 aromatic carbocycles. The molecule has 4 aliphatic carbocycles. The maximum Gasteiger partial charge on any atom is 0.341 e. The SMILES string of the molecule is C/C(=N/OC(=O)C12CC3CC(CC(C3)C1)C2)c1cccs1. The number of hydrogen-bond donors (Lipinski definition) is 0. The fraction of sp³-hybridized carbons (Fsp3) is 0.647. The lowest BCUT2D eigenvalue weighted by molar-refractivity contribution is -0.171. The average Bonchev–Trinajstić information content (AvgIpc) is 2.97. The van der Waals surface area contributed by atoms with E-state index in [9.17, 15) is 4.79 Å². The van der Waals surface area contributed by atoms with Crippen molar-refractivity contribution in [2.75, 3.05) is 0 Å². The highest BCUT2D eigenvalue weighted by Gasteiger charge is 2.55. The summed E-state index contributed by atoms with van der Waals surface area (Å²) < 4.78 is 0. The Morgan fingerprint density at radius 3 is 2.38 bits per heavy atom. The van der Waals surface area contributed by atoms with E-state index in [1.54, 1.807) is 11.3 Å². The summed E-state index contributed by atoms with van der Waals surface area (Å²) in [5.41, 5.74) is 0.580. The minimum Gasteiger partial charge on any atom is -0.317 e. The lowest BCUT2D eigenvalue weighted by Gasteiger charge is -2.54. The molecule has 0 unspecified atom stereocenters. The van der Waals surface area contributed by atoms with Crippen LogP contribution in [0.2, 0.25) is 0 Å². The van der Waals surface area contributed by atoms with E-state index in [-0.39, 0.29) is 11.4 Å². The van der Waals surface area contributed by atoms with Crippen molar-refractivity contribution in [2.24, 2.45) is 28.3 Å². The Balaban J connectivity index is 1.49. The first-order valence-corrected chi connectivity index (χ1v) is 8.82. The van der Waals surface area contributed by atoms with Gasteiger partial charge in [0.25, 0.3) is 0 Å². The van der Waals surface area contributed by atoms with Gasteiger partial charge >= 0.3 is 5.97 Å². The molecule has 0 radical (unpaired) electrons. The van der Waals surface area contributed by atoms with Crippen LogP contribution in [-0.4, -0.2) is 11.7 Å². The Morgan fingerprint density at radius 2 is 1.86 bits per heavy atom. The molecule has 0 N–H and O–H groups in total. The molecule has 1 heterocycles. The van der Waals surface area contributed by atoms with Crippen molar-refractivity contribution in [3.63, 3.8) is 0 Å². The summed E-state index contributed by atoms with van der Waals surface area (Å²) in [6, 6.07) is 3.99. The van der Waals surface area contributed by atoms with Crippen molar-refractivity contribution in [1.82, 2.24) is 0 Å². The summed E-state index contributed by atoms with van der Waals surface area (Å²) >= 11 is 1.62. The molecule has 21 heavy (non-hydrogen) atoms. The molecule has 0 amide bonds. The minimum atomic E-state index is -0.214. The first-order chi connectivity index (χ1) is 10.1. The van der Waals surface area contributed by atoms with Crippen LogP contribution in [0.5, 0.6) is 0 Å². The molecule has 4 fully saturated rings. The van der Waals surface area contributed by atoms with Gasteiger partial charge in [-0.1, -0.05) is 11.2 Å². The topological polar surface area (TPSA) is 38.7 Å². The van der Waals surface area contributed by atoms with Gasteiger partial charge in [0.2, 0.25) is 0 Å². The quantitative estimate of drug-likeness (QED) is 0.476. The maximum atomic E-state index is 12.6. The second kappa shape index (κ2) is 4.94. The zero-order valence-corrected chi connectivity index (χ0v) is 13.2. The minimum absolute atomic E-state index is 0.0718. The lowest BCUT2D eigenvalue weighted by Crippen LogP contribution is -2.50. The first kappa shape index (κ1) is 13.5. The molecule has 0 aliphatic heterocycles. The number of nitrogens with zero attached hydrogens (tertiary/aromatic N) is 1. The summed E-state index contributed by atoms with van der Waals surface area (Å²) in [4.78, 5) is 19.1. The van der Waals surface area contributed by atoms with E-state index in [4.69, 9.17) is 4.84 Å². The molecule has 4 saturated carbocycles. The average molecular weight is 303 g/mol. The fourth-order valence-corrected chi connectivity index (χ4v) is 5.77. The molecule has 0 atom stereocenters. The predicted molar refractivity (Wildman–Crippen MR) is 83.2 cm³/mol. The van der Waals surface area contributed by atoms with Gasteiger partial charge in [0.1, 0.15) is 0 Å². The highest BCUT2D eigenvalue weighted by molar-refractivity contribution is 7.12. The third-order valence-corrected chi connectivity index (χ3v) is 6.59. The van der Waals surface area contributed by atoms with Crippen molar-refractivity contribution in [1.29, 1.82) is 0 Å². The van der Waals surface area contributed by atoms with Gasteiger partial charge in [0.15, 0.2) is 0 Å². The molecule has 0 spiro atoms. The zero-order chi connectivity index (χ0) is 14.4. The van der Waals surface area contributed by atoms with Crippen molar-refractivity contribution < 1.29 is 9.63 Å². The Hall–Kier alpha value is -1.16. The van der Waals surface area contributed by atoms with E-state index < -0.39 is 0 Å². The summed E-state index contributed by atoms with van der Waals surface area (Å²) in [7, 11) is 0. The smallest absolute Gasteiger partial charge is 0.317 e. The standard InChI is InChI=1S/C17H21NO2S/c1-11(15-3-2-4-21-15)18-20-16(19)17-8-12-5-13(9-17)7-14(6-12)10-17/h2-4,12-14H,5-10H2,1H3/b18-11-. The highest BCUT2D eigenvalue weighted by Crippen LogP contribution is 2.60. The van der Waals surface area contributed by atoms with Crippen molar-refractivity contribution >= 4 is 23.0 Å². The van der Waals surface area contributed by atoms with E-state index >= 15 is 0 Å². The molecule has 4 bridgehead atoms. The van der Waals surface area contributed by atoms with Crippen LogP contribution in [0.15, 0.2) is 22.7 Å². The normalized spacial score (nSPS) is 37.8. The Morgan fingerprint density at radius 1 is 1.24 bits per heavy atom. The molecular formula is C17H21NO2S. The number of oxime groups is 1. The molecular weight excluding hydrogens is 282 g/mol. The molecule has 3 nitrogen and oxygen atoms in total. The van der Waals surface area contributed by atoms with E-state index in [0.717, 1.165) is 47.6 Å². The first-order valence-electron chi connectivity index (χ1n) is 7.94. The predicted octanol–water partition coefficient (Wildman–Crippen LogP) is 4.23. The molecule has 1 aromatic heterocycles. The van der Waals surface area contributed by atoms with Gasteiger partial charge in [-0.05, 0) is 74.6 Å². The molecule has 1 aromatic rings. The lowest BCUT2D eigenvalue weighted by atomic mass is 9.49. The number of hydrogen-bond acceptors (Lipinski definition) is 4. The van der Waals surface area contributed by atoms with Crippen molar-refractivity contribution in [3.8, 4) is 0 Å². The van der Waals surface area contributed by atoms with Crippen molar-refractivity contribution in [3.05, 3.63) is 22.4 Å². The van der Waals surface area contributed by atoms with Crippen LogP contribution in [-0.2, 0) is 9.63 Å². The summed E-state index contributed by atoms with van der Waals surface area (Å²) in [6.45, 7) is 1.90. The number of rotatable bonds is 3. The van der Waals surface area contributed by atoms with Gasteiger partial charge in [-0.3, -0.25) is 0 Å². The second-order valence-electron chi connectivity index (χ2n) is 7.23. The highest BCUT2D eigenvalue weighted by atomic mass is 32.1. The maximum absolute atomic E-state index is 12.6. The van der Waals surface area contributed by atoms with Gasteiger partial charge in [-0.25, -0.2) is 4.79 Å². The molecule has 0 saturated heterocycles. The molecule has 5 rings (SSSR count). The van der Waals surface area contributed by atoms with Gasteiger partial charge in [0, 0.05) is 0 Å². The van der Waals surface area contributed by atoms with Crippen LogP contribution in [0.4, 0.5) is 0 Å². The summed E-state index contributed by atoms with van der Waals surface area (Å²) in [5.74, 6) is 2.20. The van der Waals surface area contributed by atoms with Crippen LogP contribution in [0.25, 0.3) is 0 Å². The number of thiophene rings is 1. The van der Waals surface area contributed by atoms with Gasteiger partial charge < -0.3 is 4.84 Å². The summed E-state index contributed by atoms with van der Waals surface area (Å²) in [6.07, 6.45) is 7.11. The third kappa shape index (κ3) is 2.33. The molecule has 112 valence electrons. The van der Waals surface area contributed by atoms with E-state index in [1.807, 2.05) is 24.4 Å². The van der Waals surface area contributed by atoms with E-state index in [0.29, 0.717) is 0 Å². The van der Waals surface area contributed by atoms with Crippen LogP contribution < -0.4 is 0 Å². The molecule has 4 heteroatoms. The Labute approximate surface area is 129 Å². The van der Waals surface area contributed by atoms with Gasteiger partial charge in [-0.2, -0.15) is 0 Å². The van der Waals surface area contributed by atoms with E-state index in [1.165, 1.54) is 19.3 Å². The summed E-state index contributed by atoms with van der Waals surface area (Å²) in [5, 5.41) is 6.11. The van der Waals surface area contributed by atoms with Crippen LogP contribution in [0.3, 0.4) is 0 Å².